The van der Waals surface area contributed by atoms with Gasteiger partial charge < -0.3 is 4.90 Å². The quantitative estimate of drug-likeness (QED) is 0.836. The van der Waals surface area contributed by atoms with Crippen molar-refractivity contribution in [3.63, 3.8) is 0 Å². The minimum absolute atomic E-state index is 0.297. The second kappa shape index (κ2) is 6.97. The summed E-state index contributed by atoms with van der Waals surface area (Å²) in [7, 11) is 0. The molecule has 0 unspecified atom stereocenters. The second-order valence-electron chi connectivity index (χ2n) is 3.97. The lowest BCUT2D eigenvalue weighted by molar-refractivity contribution is -0.127. The van der Waals surface area contributed by atoms with Gasteiger partial charge in [0.2, 0.25) is 5.91 Å². The van der Waals surface area contributed by atoms with E-state index in [0.29, 0.717) is 11.7 Å². The predicted molar refractivity (Wildman–Crippen MR) is 76.5 cm³/mol. The Balaban J connectivity index is 1.69. The first kappa shape index (κ1) is 12.8. The van der Waals surface area contributed by atoms with Crippen molar-refractivity contribution in [3.05, 3.63) is 35.9 Å². The van der Waals surface area contributed by atoms with Crippen molar-refractivity contribution in [2.45, 2.75) is 5.75 Å². The fourth-order valence-corrected chi connectivity index (χ4v) is 3.52. The van der Waals surface area contributed by atoms with Crippen LogP contribution in [0.5, 0.6) is 0 Å². The first-order valence-electron chi connectivity index (χ1n) is 5.83. The van der Waals surface area contributed by atoms with Gasteiger partial charge in [0.15, 0.2) is 0 Å². The van der Waals surface area contributed by atoms with Gasteiger partial charge >= 0.3 is 0 Å². The Bertz CT molecular complexity index is 350. The zero-order valence-corrected chi connectivity index (χ0v) is 11.4. The van der Waals surface area contributed by atoms with E-state index in [1.807, 2.05) is 34.9 Å². The molecule has 1 heterocycles. The Kier molecular flexibility index (Phi) is 5.26. The first-order chi connectivity index (χ1) is 8.36. The Hall–Kier alpha value is -0.610. The molecule has 0 aromatic heterocycles. The monoisotopic (exact) mass is 267 g/mol. The van der Waals surface area contributed by atoms with Crippen LogP contribution in [0, 0.1) is 0 Å². The smallest absolute Gasteiger partial charge is 0.232 e. The molecule has 0 radical (unpaired) electrons. The summed E-state index contributed by atoms with van der Waals surface area (Å²) in [6.45, 7) is 1.85. The molecule has 92 valence electrons. The molecule has 4 heteroatoms. The van der Waals surface area contributed by atoms with Crippen LogP contribution in [0.25, 0.3) is 0 Å². The Morgan fingerprint density at radius 1 is 1.24 bits per heavy atom. The van der Waals surface area contributed by atoms with Crippen LogP contribution >= 0.6 is 23.5 Å². The van der Waals surface area contributed by atoms with Gasteiger partial charge in [-0.2, -0.15) is 11.8 Å². The summed E-state index contributed by atoms with van der Waals surface area (Å²) >= 11 is 3.65. The number of carbonyl (C=O) groups excluding carboxylic acids is 1. The number of hydrogen-bond acceptors (Lipinski definition) is 3. The summed E-state index contributed by atoms with van der Waals surface area (Å²) in [5.41, 5.74) is 1.29. The number of carbonyl (C=O) groups is 1. The number of thioether (sulfide) groups is 2. The van der Waals surface area contributed by atoms with Gasteiger partial charge in [0, 0.05) is 30.3 Å². The highest BCUT2D eigenvalue weighted by atomic mass is 32.2. The lowest BCUT2D eigenvalue weighted by Crippen LogP contribution is -2.38. The maximum atomic E-state index is 11.9. The van der Waals surface area contributed by atoms with Crippen LogP contribution in [0.4, 0.5) is 0 Å². The molecule has 1 aromatic carbocycles. The van der Waals surface area contributed by atoms with Crippen molar-refractivity contribution in [2.24, 2.45) is 0 Å². The number of nitrogens with zero attached hydrogens (tertiary/aromatic N) is 1. The largest absolute Gasteiger partial charge is 0.340 e. The molecule has 0 N–H and O–H groups in total. The number of rotatable bonds is 4. The van der Waals surface area contributed by atoms with Gasteiger partial charge in [-0.05, 0) is 5.56 Å². The first-order valence-corrected chi connectivity index (χ1v) is 8.14. The third-order valence-corrected chi connectivity index (χ3v) is 4.63. The molecule has 2 rings (SSSR count). The highest BCUT2D eigenvalue weighted by Crippen LogP contribution is 2.14. The predicted octanol–water partition coefficient (Wildman–Crippen LogP) is 2.50. The third-order valence-electron chi connectivity index (χ3n) is 2.70. The molecule has 1 aliphatic rings. The SMILES string of the molecule is O=C(CSCc1ccccc1)N1CCSCC1. The maximum Gasteiger partial charge on any atom is 0.232 e. The molecule has 1 saturated heterocycles. The number of benzene rings is 1. The average molecular weight is 267 g/mol. The molecule has 17 heavy (non-hydrogen) atoms. The average Bonchev–Trinajstić information content (AvgIpc) is 2.41. The minimum Gasteiger partial charge on any atom is -0.340 e. The molecule has 2 nitrogen and oxygen atoms in total. The van der Waals surface area contributed by atoms with E-state index in [1.165, 1.54) is 5.56 Å². The van der Waals surface area contributed by atoms with E-state index in [1.54, 1.807) is 11.8 Å². The fourth-order valence-electron chi connectivity index (χ4n) is 1.73. The summed E-state index contributed by atoms with van der Waals surface area (Å²) in [5, 5.41) is 0. The number of amides is 1. The van der Waals surface area contributed by atoms with Crippen LogP contribution in [0.3, 0.4) is 0 Å². The fraction of sp³-hybridized carbons (Fsp3) is 0.462. The molecule has 1 amide bonds. The Morgan fingerprint density at radius 3 is 2.65 bits per heavy atom. The molecule has 1 fully saturated rings. The Labute approximate surface area is 111 Å². The van der Waals surface area contributed by atoms with Crippen LogP contribution in [0.15, 0.2) is 30.3 Å². The minimum atomic E-state index is 0.297. The van der Waals surface area contributed by atoms with E-state index in [4.69, 9.17) is 0 Å². The van der Waals surface area contributed by atoms with E-state index >= 15 is 0 Å². The van der Waals surface area contributed by atoms with Gasteiger partial charge in [-0.3, -0.25) is 4.79 Å². The topological polar surface area (TPSA) is 20.3 Å². The summed E-state index contributed by atoms with van der Waals surface area (Å²) < 4.78 is 0. The summed E-state index contributed by atoms with van der Waals surface area (Å²) in [5.74, 6) is 4.02. The van der Waals surface area contributed by atoms with E-state index in [0.717, 1.165) is 30.3 Å². The molecule has 0 spiro atoms. The normalized spacial score (nSPS) is 15.9. The van der Waals surface area contributed by atoms with Gasteiger partial charge in [0.05, 0.1) is 5.75 Å². The van der Waals surface area contributed by atoms with Crippen LogP contribution in [-0.2, 0) is 10.5 Å². The van der Waals surface area contributed by atoms with Crippen LogP contribution in [-0.4, -0.2) is 41.2 Å². The third kappa shape index (κ3) is 4.28. The van der Waals surface area contributed by atoms with E-state index in [-0.39, 0.29) is 0 Å². The van der Waals surface area contributed by atoms with E-state index in [2.05, 4.69) is 12.1 Å². The van der Waals surface area contributed by atoms with Crippen molar-refractivity contribution >= 4 is 29.4 Å². The van der Waals surface area contributed by atoms with Crippen molar-refractivity contribution in [2.75, 3.05) is 30.3 Å². The highest BCUT2D eigenvalue weighted by Gasteiger charge is 2.16. The molecule has 1 aromatic rings. The maximum absolute atomic E-state index is 11.9. The summed E-state index contributed by atoms with van der Waals surface area (Å²) in [4.78, 5) is 13.9. The van der Waals surface area contributed by atoms with Crippen molar-refractivity contribution in [3.8, 4) is 0 Å². The van der Waals surface area contributed by atoms with E-state index in [9.17, 15) is 4.79 Å². The molecular formula is C13H17NOS2. The zero-order valence-electron chi connectivity index (χ0n) is 9.80. The second-order valence-corrected chi connectivity index (χ2v) is 6.18. The van der Waals surface area contributed by atoms with Crippen LogP contribution in [0.2, 0.25) is 0 Å². The van der Waals surface area contributed by atoms with Gasteiger partial charge in [-0.25, -0.2) is 0 Å². The molecule has 0 saturated carbocycles. The van der Waals surface area contributed by atoms with Crippen LogP contribution in [0.1, 0.15) is 5.56 Å². The van der Waals surface area contributed by atoms with Gasteiger partial charge in [0.1, 0.15) is 0 Å². The standard InChI is InChI=1S/C13H17NOS2/c15-13(14-6-8-16-9-7-14)11-17-10-12-4-2-1-3-5-12/h1-5H,6-11H2. The molecular weight excluding hydrogens is 250 g/mol. The lowest BCUT2D eigenvalue weighted by atomic mass is 10.2. The lowest BCUT2D eigenvalue weighted by Gasteiger charge is -2.26. The van der Waals surface area contributed by atoms with Gasteiger partial charge in [-0.15, -0.1) is 11.8 Å². The van der Waals surface area contributed by atoms with Crippen molar-refractivity contribution in [1.29, 1.82) is 0 Å². The summed E-state index contributed by atoms with van der Waals surface area (Å²) in [6.07, 6.45) is 0. The summed E-state index contributed by atoms with van der Waals surface area (Å²) in [6, 6.07) is 10.3. The highest BCUT2D eigenvalue weighted by molar-refractivity contribution is 7.99. The molecule has 1 aliphatic heterocycles. The molecule has 0 bridgehead atoms. The molecule has 0 aliphatic carbocycles. The number of hydrogen-bond donors (Lipinski definition) is 0. The van der Waals surface area contributed by atoms with Crippen molar-refractivity contribution < 1.29 is 4.79 Å². The molecule has 0 atom stereocenters. The van der Waals surface area contributed by atoms with E-state index < -0.39 is 0 Å². The zero-order chi connectivity index (χ0) is 11.9. The Morgan fingerprint density at radius 2 is 1.94 bits per heavy atom. The van der Waals surface area contributed by atoms with Gasteiger partial charge in [0.25, 0.3) is 0 Å². The van der Waals surface area contributed by atoms with Crippen LogP contribution < -0.4 is 0 Å². The van der Waals surface area contributed by atoms with Gasteiger partial charge in [-0.1, -0.05) is 30.3 Å². The van der Waals surface area contributed by atoms with Crippen molar-refractivity contribution in [1.82, 2.24) is 4.90 Å².